The summed E-state index contributed by atoms with van der Waals surface area (Å²) in [6.45, 7) is 4.96. The minimum atomic E-state index is -0.377. The van der Waals surface area contributed by atoms with Gasteiger partial charge in [-0.1, -0.05) is 19.9 Å². The first-order chi connectivity index (χ1) is 9.45. The van der Waals surface area contributed by atoms with Gasteiger partial charge in [-0.25, -0.2) is 0 Å². The van der Waals surface area contributed by atoms with Crippen LogP contribution in [0.25, 0.3) is 0 Å². The summed E-state index contributed by atoms with van der Waals surface area (Å²) < 4.78 is 6.45. The van der Waals surface area contributed by atoms with Crippen LogP contribution in [0.15, 0.2) is 22.7 Å². The normalized spacial score (nSPS) is 26.4. The fourth-order valence-electron chi connectivity index (χ4n) is 3.01. The van der Waals surface area contributed by atoms with Crippen molar-refractivity contribution < 1.29 is 9.66 Å². The standard InChI is InChI=1S/C15H20BrNO3/c1-10-5-11(2)7-13(6-10)20-9-12-3-4-14(16)15(8-12)17(18)19/h3-4,8,10-11,13H,5-7,9H2,1-2H3. The number of nitro groups is 1. The molecule has 0 heterocycles. The Morgan fingerprint density at radius 3 is 2.55 bits per heavy atom. The first-order valence-electron chi connectivity index (χ1n) is 7.00. The highest BCUT2D eigenvalue weighted by Crippen LogP contribution is 2.31. The van der Waals surface area contributed by atoms with Crippen molar-refractivity contribution in [3.8, 4) is 0 Å². The number of hydrogen-bond acceptors (Lipinski definition) is 3. The average molecular weight is 342 g/mol. The minimum absolute atomic E-state index is 0.0940. The van der Waals surface area contributed by atoms with Crippen LogP contribution in [0.3, 0.4) is 0 Å². The zero-order valence-corrected chi connectivity index (χ0v) is 13.4. The van der Waals surface area contributed by atoms with Gasteiger partial charge in [0.2, 0.25) is 0 Å². The number of nitro benzene ring substituents is 1. The molecule has 5 heteroatoms. The molecule has 0 radical (unpaired) electrons. The van der Waals surface area contributed by atoms with E-state index < -0.39 is 0 Å². The van der Waals surface area contributed by atoms with Gasteiger partial charge >= 0.3 is 0 Å². The molecule has 2 rings (SSSR count). The van der Waals surface area contributed by atoms with Gasteiger partial charge < -0.3 is 4.74 Å². The summed E-state index contributed by atoms with van der Waals surface area (Å²) in [4.78, 5) is 10.5. The lowest BCUT2D eigenvalue weighted by Crippen LogP contribution is -2.26. The number of rotatable bonds is 4. The van der Waals surface area contributed by atoms with Crippen molar-refractivity contribution in [2.75, 3.05) is 0 Å². The van der Waals surface area contributed by atoms with E-state index in [1.807, 2.05) is 6.07 Å². The smallest absolute Gasteiger partial charge is 0.283 e. The second kappa shape index (κ2) is 6.68. The molecule has 0 spiro atoms. The first kappa shape index (κ1) is 15.4. The molecule has 0 N–H and O–H groups in total. The first-order valence-corrected chi connectivity index (χ1v) is 7.79. The molecule has 1 aromatic carbocycles. The summed E-state index contributed by atoms with van der Waals surface area (Å²) in [6, 6.07) is 5.16. The molecular weight excluding hydrogens is 322 g/mol. The maximum Gasteiger partial charge on any atom is 0.283 e. The maximum atomic E-state index is 10.9. The van der Waals surface area contributed by atoms with Crippen molar-refractivity contribution >= 4 is 21.6 Å². The summed E-state index contributed by atoms with van der Waals surface area (Å²) in [5.41, 5.74) is 0.947. The SMILES string of the molecule is CC1CC(C)CC(OCc2ccc(Br)c([N+](=O)[O-])c2)C1. The van der Waals surface area contributed by atoms with Crippen LogP contribution in [0.5, 0.6) is 0 Å². The predicted molar refractivity (Wildman–Crippen MR) is 81.6 cm³/mol. The van der Waals surface area contributed by atoms with Crippen molar-refractivity contribution in [3.05, 3.63) is 38.3 Å². The summed E-state index contributed by atoms with van der Waals surface area (Å²) in [6.07, 6.45) is 3.71. The molecule has 1 aromatic rings. The van der Waals surface area contributed by atoms with Crippen molar-refractivity contribution in [1.29, 1.82) is 0 Å². The van der Waals surface area contributed by atoms with Crippen LogP contribution in [0, 0.1) is 22.0 Å². The third kappa shape index (κ3) is 4.03. The summed E-state index contributed by atoms with van der Waals surface area (Å²) in [5.74, 6) is 1.39. The lowest BCUT2D eigenvalue weighted by molar-refractivity contribution is -0.385. The monoisotopic (exact) mass is 341 g/mol. The summed E-state index contributed by atoms with van der Waals surface area (Å²) in [7, 11) is 0. The highest BCUT2D eigenvalue weighted by atomic mass is 79.9. The lowest BCUT2D eigenvalue weighted by Gasteiger charge is -2.31. The van der Waals surface area contributed by atoms with E-state index in [4.69, 9.17) is 4.74 Å². The van der Waals surface area contributed by atoms with Gasteiger partial charge in [0.05, 0.1) is 22.1 Å². The van der Waals surface area contributed by atoms with Gasteiger partial charge in [-0.3, -0.25) is 10.1 Å². The van der Waals surface area contributed by atoms with Crippen molar-refractivity contribution in [2.24, 2.45) is 11.8 Å². The topological polar surface area (TPSA) is 52.4 Å². The van der Waals surface area contributed by atoms with Crippen LogP contribution >= 0.6 is 15.9 Å². The van der Waals surface area contributed by atoms with Gasteiger partial charge in [0.1, 0.15) is 0 Å². The third-order valence-corrected chi connectivity index (χ3v) is 4.50. The Bertz CT molecular complexity index is 482. The van der Waals surface area contributed by atoms with E-state index in [0.717, 1.165) is 18.4 Å². The molecule has 0 amide bonds. The molecule has 2 atom stereocenters. The zero-order valence-electron chi connectivity index (χ0n) is 11.8. The number of hydrogen-bond donors (Lipinski definition) is 0. The Balaban J connectivity index is 1.97. The van der Waals surface area contributed by atoms with Crippen LogP contribution in [-0.2, 0) is 11.3 Å². The van der Waals surface area contributed by atoms with Crippen LogP contribution < -0.4 is 0 Å². The fraction of sp³-hybridized carbons (Fsp3) is 0.600. The number of halogens is 1. The van der Waals surface area contributed by atoms with E-state index in [0.29, 0.717) is 22.9 Å². The minimum Gasteiger partial charge on any atom is -0.374 e. The Morgan fingerprint density at radius 2 is 1.95 bits per heavy atom. The average Bonchev–Trinajstić information content (AvgIpc) is 2.36. The highest BCUT2D eigenvalue weighted by molar-refractivity contribution is 9.10. The molecular formula is C15H20BrNO3. The second-order valence-electron chi connectivity index (χ2n) is 5.89. The maximum absolute atomic E-state index is 10.9. The number of ether oxygens (including phenoxy) is 1. The van der Waals surface area contributed by atoms with Crippen LogP contribution in [0.1, 0.15) is 38.7 Å². The number of nitrogens with zero attached hydrogens (tertiary/aromatic N) is 1. The quantitative estimate of drug-likeness (QED) is 0.589. The van der Waals surface area contributed by atoms with Gasteiger partial charge in [-0.2, -0.15) is 0 Å². The molecule has 110 valence electrons. The Kier molecular flexibility index (Phi) is 5.16. The molecule has 1 saturated carbocycles. The van der Waals surface area contributed by atoms with E-state index in [1.165, 1.54) is 6.42 Å². The predicted octanol–water partition coefficient (Wildman–Crippen LogP) is 4.70. The van der Waals surface area contributed by atoms with Crippen LogP contribution in [0.4, 0.5) is 5.69 Å². The molecule has 1 aliphatic rings. The Morgan fingerprint density at radius 1 is 1.30 bits per heavy atom. The second-order valence-corrected chi connectivity index (χ2v) is 6.75. The molecule has 0 aliphatic heterocycles. The van der Waals surface area contributed by atoms with Crippen molar-refractivity contribution in [1.82, 2.24) is 0 Å². The largest absolute Gasteiger partial charge is 0.374 e. The van der Waals surface area contributed by atoms with Crippen LogP contribution in [0.2, 0.25) is 0 Å². The molecule has 1 fully saturated rings. The number of benzene rings is 1. The van der Waals surface area contributed by atoms with E-state index in [9.17, 15) is 10.1 Å². The van der Waals surface area contributed by atoms with Gasteiger partial charge in [-0.05, 0) is 58.7 Å². The Labute approximate surface area is 127 Å². The summed E-state index contributed by atoms with van der Waals surface area (Å²) in [5, 5.41) is 10.9. The molecule has 0 bridgehead atoms. The van der Waals surface area contributed by atoms with Gasteiger partial charge in [-0.15, -0.1) is 0 Å². The van der Waals surface area contributed by atoms with E-state index >= 15 is 0 Å². The van der Waals surface area contributed by atoms with Crippen LogP contribution in [-0.4, -0.2) is 11.0 Å². The molecule has 1 aliphatic carbocycles. The highest BCUT2D eigenvalue weighted by Gasteiger charge is 2.24. The lowest BCUT2D eigenvalue weighted by atomic mass is 9.82. The van der Waals surface area contributed by atoms with Crippen molar-refractivity contribution in [3.63, 3.8) is 0 Å². The van der Waals surface area contributed by atoms with Gasteiger partial charge in [0, 0.05) is 6.07 Å². The van der Waals surface area contributed by atoms with Gasteiger partial charge in [0.15, 0.2) is 0 Å². The molecule has 0 aromatic heterocycles. The zero-order chi connectivity index (χ0) is 14.7. The van der Waals surface area contributed by atoms with E-state index in [2.05, 4.69) is 29.8 Å². The molecule has 20 heavy (non-hydrogen) atoms. The summed E-state index contributed by atoms with van der Waals surface area (Å²) >= 11 is 3.19. The van der Waals surface area contributed by atoms with Gasteiger partial charge in [0.25, 0.3) is 5.69 Å². The van der Waals surface area contributed by atoms with E-state index in [1.54, 1.807) is 12.1 Å². The van der Waals surface area contributed by atoms with Crippen molar-refractivity contribution in [2.45, 2.75) is 45.8 Å². The van der Waals surface area contributed by atoms with E-state index in [-0.39, 0.29) is 16.7 Å². The molecule has 0 saturated heterocycles. The molecule has 4 nitrogen and oxygen atoms in total. The molecule has 2 unspecified atom stereocenters. The third-order valence-electron chi connectivity index (χ3n) is 3.83. The Hall–Kier alpha value is -0.940. The fourth-order valence-corrected chi connectivity index (χ4v) is 3.40.